The van der Waals surface area contributed by atoms with Crippen LogP contribution in [0.3, 0.4) is 0 Å². The fraction of sp³-hybridized carbons (Fsp3) is 0.226. The van der Waals surface area contributed by atoms with Crippen LogP contribution < -0.4 is 9.47 Å². The fourth-order valence-corrected chi connectivity index (χ4v) is 6.12. The standard InChI is InChI=1S/C31H20F6O2S2/c1-38-27-23(17-21(40-27)15-13-19-9-5-3-6-10-19)25-26(30(34,35)31(36,37)29(25,32)33)24-18-22(41-28(24)39-2)16-14-20-11-7-4-8-12-20/h3,5-7,9-12,17-18H,4,8H2,1-2H3. The third-order valence-electron chi connectivity index (χ3n) is 6.40. The van der Waals surface area contributed by atoms with E-state index in [2.05, 4.69) is 23.7 Å². The lowest BCUT2D eigenvalue weighted by molar-refractivity contribution is -0.254. The summed E-state index contributed by atoms with van der Waals surface area (Å²) in [5.74, 6) is -4.94. The Hall–Kier alpha value is -3.86. The van der Waals surface area contributed by atoms with Gasteiger partial charge in [0.05, 0.1) is 24.0 Å². The highest BCUT2D eigenvalue weighted by Crippen LogP contribution is 2.67. The minimum Gasteiger partial charge on any atom is -0.487 e. The summed E-state index contributed by atoms with van der Waals surface area (Å²) in [6.45, 7) is 0. The van der Waals surface area contributed by atoms with Crippen LogP contribution in [0.2, 0.25) is 0 Å². The highest BCUT2D eigenvalue weighted by molar-refractivity contribution is 7.15. The zero-order valence-corrected chi connectivity index (χ0v) is 23.2. The number of hydrogen-bond acceptors (Lipinski definition) is 4. The van der Waals surface area contributed by atoms with Crippen LogP contribution >= 0.6 is 22.7 Å². The van der Waals surface area contributed by atoms with Gasteiger partial charge in [0, 0.05) is 33.4 Å². The lowest BCUT2D eigenvalue weighted by Crippen LogP contribution is -2.48. The molecule has 2 aromatic heterocycles. The Morgan fingerprint density at radius 1 is 0.707 bits per heavy atom. The molecule has 210 valence electrons. The van der Waals surface area contributed by atoms with Crippen LogP contribution in [0.4, 0.5) is 26.3 Å². The number of rotatable bonds is 4. The van der Waals surface area contributed by atoms with E-state index in [1.165, 1.54) is 0 Å². The molecule has 2 heterocycles. The first-order valence-electron chi connectivity index (χ1n) is 12.2. The SMILES string of the molecule is COc1sc(C#CC2=CCCC=C2)cc1C1=C(c2cc(C#Cc3ccccc3)sc2OC)C(F)(F)C(F)(F)C1(F)F. The van der Waals surface area contributed by atoms with Crippen molar-refractivity contribution in [2.24, 2.45) is 0 Å². The van der Waals surface area contributed by atoms with E-state index in [0.29, 0.717) is 11.1 Å². The molecule has 0 N–H and O–H groups in total. The molecule has 0 amide bonds. The predicted octanol–water partition coefficient (Wildman–Crippen LogP) is 8.68. The van der Waals surface area contributed by atoms with Gasteiger partial charge in [0.2, 0.25) is 0 Å². The van der Waals surface area contributed by atoms with Crippen molar-refractivity contribution in [1.82, 2.24) is 0 Å². The third-order valence-corrected chi connectivity index (χ3v) is 8.42. The molecule has 0 saturated carbocycles. The van der Waals surface area contributed by atoms with E-state index in [0.717, 1.165) is 61.9 Å². The van der Waals surface area contributed by atoms with E-state index >= 15 is 17.6 Å². The van der Waals surface area contributed by atoms with Crippen molar-refractivity contribution in [3.05, 3.63) is 92.7 Å². The van der Waals surface area contributed by atoms with Gasteiger partial charge in [-0.25, -0.2) is 0 Å². The second kappa shape index (κ2) is 10.8. The Morgan fingerprint density at radius 3 is 1.73 bits per heavy atom. The smallest absolute Gasteiger partial charge is 0.380 e. The van der Waals surface area contributed by atoms with E-state index < -0.39 is 40.0 Å². The number of alkyl halides is 6. The maximum atomic E-state index is 15.5. The van der Waals surface area contributed by atoms with Crippen LogP contribution in [0.5, 0.6) is 10.1 Å². The summed E-state index contributed by atoms with van der Waals surface area (Å²) < 4.78 is 102. The van der Waals surface area contributed by atoms with Crippen LogP contribution in [-0.2, 0) is 0 Å². The van der Waals surface area contributed by atoms with E-state index in [1.54, 1.807) is 36.4 Å². The molecule has 0 bridgehead atoms. The lowest BCUT2D eigenvalue weighted by Gasteiger charge is -2.25. The van der Waals surface area contributed by atoms with Crippen molar-refractivity contribution in [2.45, 2.75) is 30.6 Å². The number of halogens is 6. The molecule has 0 fully saturated rings. The van der Waals surface area contributed by atoms with Crippen LogP contribution in [0.25, 0.3) is 11.1 Å². The fourth-order valence-electron chi connectivity index (χ4n) is 4.45. The molecular weight excluding hydrogens is 582 g/mol. The zero-order valence-electron chi connectivity index (χ0n) is 21.6. The van der Waals surface area contributed by atoms with Gasteiger partial charge in [0.1, 0.15) is 0 Å². The number of allylic oxidation sites excluding steroid dienone is 6. The van der Waals surface area contributed by atoms with Crippen molar-refractivity contribution in [1.29, 1.82) is 0 Å². The summed E-state index contributed by atoms with van der Waals surface area (Å²) in [5.41, 5.74) is -2.95. The van der Waals surface area contributed by atoms with Crippen molar-refractivity contribution < 1.29 is 35.8 Å². The summed E-state index contributed by atoms with van der Waals surface area (Å²) >= 11 is 1.58. The normalized spacial score (nSPS) is 18.2. The summed E-state index contributed by atoms with van der Waals surface area (Å²) in [5, 5.41) is -0.505. The van der Waals surface area contributed by atoms with Crippen molar-refractivity contribution in [3.63, 3.8) is 0 Å². The molecule has 0 saturated heterocycles. The monoisotopic (exact) mass is 602 g/mol. The average Bonchev–Trinajstić information content (AvgIpc) is 3.59. The Morgan fingerprint density at radius 2 is 1.24 bits per heavy atom. The molecule has 2 aliphatic carbocycles. The van der Waals surface area contributed by atoms with E-state index in [4.69, 9.17) is 9.47 Å². The number of hydrogen-bond donors (Lipinski definition) is 0. The third kappa shape index (κ3) is 4.96. The van der Waals surface area contributed by atoms with Gasteiger partial charge in [-0.1, -0.05) is 82.8 Å². The van der Waals surface area contributed by atoms with Crippen molar-refractivity contribution in [2.75, 3.05) is 14.2 Å². The minimum absolute atomic E-state index is 0.166. The summed E-state index contributed by atoms with van der Waals surface area (Å²) in [7, 11) is 2.28. The van der Waals surface area contributed by atoms with Crippen molar-refractivity contribution >= 4 is 33.8 Å². The molecule has 5 rings (SSSR count). The highest BCUT2D eigenvalue weighted by Gasteiger charge is 2.80. The van der Waals surface area contributed by atoms with Gasteiger partial charge < -0.3 is 9.47 Å². The summed E-state index contributed by atoms with van der Waals surface area (Å²) in [4.78, 5) is 0.351. The molecule has 3 aromatic rings. The molecule has 0 aliphatic heterocycles. The average molecular weight is 603 g/mol. The van der Waals surface area contributed by atoms with Gasteiger partial charge in [-0.2, -0.15) is 26.3 Å². The van der Waals surface area contributed by atoms with E-state index in [-0.39, 0.29) is 19.9 Å². The predicted molar refractivity (Wildman–Crippen MR) is 149 cm³/mol. The van der Waals surface area contributed by atoms with Crippen LogP contribution in [0, 0.1) is 23.7 Å². The molecule has 2 nitrogen and oxygen atoms in total. The lowest BCUT2D eigenvalue weighted by atomic mass is 9.97. The second-order valence-electron chi connectivity index (χ2n) is 9.01. The minimum atomic E-state index is -5.73. The van der Waals surface area contributed by atoms with E-state index in [1.807, 2.05) is 12.2 Å². The zero-order chi connectivity index (χ0) is 29.4. The summed E-state index contributed by atoms with van der Waals surface area (Å²) in [6, 6.07) is 10.9. The Bertz CT molecular complexity index is 1700. The van der Waals surface area contributed by atoms with E-state index in [9.17, 15) is 8.78 Å². The summed E-state index contributed by atoms with van der Waals surface area (Å²) in [6.07, 6.45) is 7.27. The molecule has 0 atom stereocenters. The number of thiophene rings is 2. The highest BCUT2D eigenvalue weighted by atomic mass is 32.1. The largest absolute Gasteiger partial charge is 0.487 e. The van der Waals surface area contributed by atoms with Crippen molar-refractivity contribution in [3.8, 4) is 33.8 Å². The number of methoxy groups -OCH3 is 2. The van der Waals surface area contributed by atoms with Crippen LogP contribution in [-0.4, -0.2) is 32.0 Å². The first-order valence-corrected chi connectivity index (χ1v) is 13.9. The number of benzene rings is 1. The maximum Gasteiger partial charge on any atom is 0.380 e. The molecule has 41 heavy (non-hydrogen) atoms. The molecule has 0 spiro atoms. The number of ether oxygens (including phenoxy) is 2. The van der Waals surface area contributed by atoms with Crippen LogP contribution in [0.1, 0.15) is 39.3 Å². The maximum absolute atomic E-state index is 15.5. The second-order valence-corrected chi connectivity index (χ2v) is 11.0. The van der Waals surface area contributed by atoms with Gasteiger partial charge in [-0.3, -0.25) is 0 Å². The quantitative estimate of drug-likeness (QED) is 0.220. The molecule has 0 unspecified atom stereocenters. The first-order chi connectivity index (χ1) is 19.5. The molecule has 10 heteroatoms. The molecule has 2 aliphatic rings. The van der Waals surface area contributed by atoms with Crippen LogP contribution in [0.15, 0.2) is 66.3 Å². The van der Waals surface area contributed by atoms with Gasteiger partial charge >= 0.3 is 17.8 Å². The van der Waals surface area contributed by atoms with Gasteiger partial charge in [-0.15, -0.1) is 0 Å². The van der Waals surface area contributed by atoms with Gasteiger partial charge in [0.15, 0.2) is 10.1 Å². The molecule has 0 radical (unpaired) electrons. The molecule has 1 aromatic carbocycles. The Balaban J connectivity index is 1.71. The topological polar surface area (TPSA) is 18.5 Å². The van der Waals surface area contributed by atoms with Gasteiger partial charge in [-0.05, 0) is 37.1 Å². The Labute approximate surface area is 240 Å². The molecular formula is C31H20F6O2S2. The van der Waals surface area contributed by atoms with Gasteiger partial charge in [0.25, 0.3) is 0 Å². The Kier molecular flexibility index (Phi) is 7.58. The first kappa shape index (κ1) is 28.7.